The predicted octanol–water partition coefficient (Wildman–Crippen LogP) is 3.93. The first-order chi connectivity index (χ1) is 18.6. The SMILES string of the molecule is CN1CCCNc2ncnc3c2/C(=C/Nc2ccc(NCc4ccccc4)c(c2)OCCCC1=O)C(=O)N3. The lowest BCUT2D eigenvalue weighted by atomic mass is 10.1. The molecule has 1 aromatic heterocycles. The lowest BCUT2D eigenvalue weighted by Crippen LogP contribution is -2.29. The van der Waals surface area contributed by atoms with Crippen molar-refractivity contribution in [3.63, 3.8) is 0 Å². The molecule has 0 unspecified atom stereocenters. The summed E-state index contributed by atoms with van der Waals surface area (Å²) in [5.74, 6) is 1.52. The molecule has 10 heteroatoms. The molecule has 0 fully saturated rings. The van der Waals surface area contributed by atoms with Crippen LogP contribution >= 0.6 is 0 Å². The maximum absolute atomic E-state index is 12.8. The Bertz CT molecular complexity index is 1340. The molecule has 4 N–H and O–H groups in total. The minimum absolute atomic E-state index is 0.0792. The van der Waals surface area contributed by atoms with Gasteiger partial charge in [-0.05, 0) is 30.5 Å². The van der Waals surface area contributed by atoms with Crippen LogP contribution in [0.3, 0.4) is 0 Å². The highest BCUT2D eigenvalue weighted by atomic mass is 16.5. The van der Waals surface area contributed by atoms with Gasteiger partial charge in [0.1, 0.15) is 23.7 Å². The van der Waals surface area contributed by atoms with E-state index in [0.717, 1.165) is 23.4 Å². The predicted molar refractivity (Wildman–Crippen MR) is 148 cm³/mol. The number of carbonyl (C=O) groups is 2. The second-order valence-corrected chi connectivity index (χ2v) is 9.20. The molecule has 0 saturated heterocycles. The van der Waals surface area contributed by atoms with Gasteiger partial charge in [-0.2, -0.15) is 0 Å². The zero-order valence-electron chi connectivity index (χ0n) is 21.3. The first-order valence-corrected chi connectivity index (χ1v) is 12.7. The van der Waals surface area contributed by atoms with Gasteiger partial charge >= 0.3 is 0 Å². The number of aromatic nitrogens is 2. The van der Waals surface area contributed by atoms with Crippen molar-refractivity contribution in [1.82, 2.24) is 14.9 Å². The third-order valence-corrected chi connectivity index (χ3v) is 6.46. The molecule has 38 heavy (non-hydrogen) atoms. The molecule has 0 radical (unpaired) electrons. The summed E-state index contributed by atoms with van der Waals surface area (Å²) in [6.45, 7) is 2.25. The van der Waals surface area contributed by atoms with E-state index in [2.05, 4.69) is 43.4 Å². The molecule has 0 spiro atoms. The smallest absolute Gasteiger partial charge is 0.259 e. The largest absolute Gasteiger partial charge is 0.491 e. The van der Waals surface area contributed by atoms with Crippen molar-refractivity contribution in [2.24, 2.45) is 0 Å². The molecule has 2 amide bonds. The number of ether oxygens (including phenoxy) is 1. The van der Waals surface area contributed by atoms with Gasteiger partial charge in [0.15, 0.2) is 0 Å². The number of nitrogens with one attached hydrogen (secondary N) is 4. The fourth-order valence-corrected chi connectivity index (χ4v) is 4.37. The lowest BCUT2D eigenvalue weighted by molar-refractivity contribution is -0.130. The molecular formula is C28H31N7O3. The van der Waals surface area contributed by atoms with Crippen LogP contribution in [0.4, 0.5) is 23.0 Å². The van der Waals surface area contributed by atoms with Crippen LogP contribution < -0.4 is 26.0 Å². The summed E-state index contributed by atoms with van der Waals surface area (Å²) in [6.07, 6.45) is 4.84. The summed E-state index contributed by atoms with van der Waals surface area (Å²) in [4.78, 5) is 35.7. The van der Waals surface area contributed by atoms with E-state index in [9.17, 15) is 9.59 Å². The quantitative estimate of drug-likeness (QED) is 0.416. The Morgan fingerprint density at radius 3 is 2.76 bits per heavy atom. The second kappa shape index (κ2) is 11.6. The molecule has 3 heterocycles. The van der Waals surface area contributed by atoms with Crippen molar-refractivity contribution in [2.45, 2.75) is 25.8 Å². The van der Waals surface area contributed by atoms with Crippen molar-refractivity contribution < 1.29 is 14.3 Å². The highest BCUT2D eigenvalue weighted by Crippen LogP contribution is 2.35. The van der Waals surface area contributed by atoms with Gasteiger partial charge in [0.05, 0.1) is 23.4 Å². The highest BCUT2D eigenvalue weighted by Gasteiger charge is 2.29. The van der Waals surface area contributed by atoms with E-state index in [-0.39, 0.29) is 11.8 Å². The Morgan fingerprint density at radius 2 is 1.89 bits per heavy atom. The summed E-state index contributed by atoms with van der Waals surface area (Å²) < 4.78 is 6.13. The van der Waals surface area contributed by atoms with Crippen LogP contribution in [0.15, 0.2) is 61.1 Å². The van der Waals surface area contributed by atoms with Crippen LogP contribution in [0.5, 0.6) is 5.75 Å². The Hall–Kier alpha value is -4.60. The average Bonchev–Trinajstić information content (AvgIpc) is 3.26. The molecule has 3 aromatic rings. The number of nitrogens with zero attached hydrogens (tertiary/aromatic N) is 3. The fourth-order valence-electron chi connectivity index (χ4n) is 4.37. The van der Waals surface area contributed by atoms with Crippen molar-refractivity contribution in [3.05, 3.63) is 72.2 Å². The minimum atomic E-state index is -0.256. The molecule has 5 rings (SSSR count). The summed E-state index contributed by atoms with van der Waals surface area (Å²) >= 11 is 0. The number of fused-ring (bicyclic) bond motifs is 2. The lowest BCUT2D eigenvalue weighted by Gasteiger charge is -2.19. The fraction of sp³-hybridized carbons (Fsp3) is 0.286. The van der Waals surface area contributed by atoms with Crippen molar-refractivity contribution >= 4 is 40.4 Å². The van der Waals surface area contributed by atoms with Gasteiger partial charge in [-0.25, -0.2) is 9.97 Å². The molecule has 196 valence electrons. The van der Waals surface area contributed by atoms with E-state index in [4.69, 9.17) is 4.74 Å². The number of hydrogen-bond acceptors (Lipinski definition) is 8. The molecular weight excluding hydrogens is 482 g/mol. The van der Waals surface area contributed by atoms with E-state index in [0.29, 0.717) is 67.6 Å². The summed E-state index contributed by atoms with van der Waals surface area (Å²) in [6, 6.07) is 15.9. The Balaban J connectivity index is 1.43. The molecule has 10 nitrogen and oxygen atoms in total. The molecule has 0 atom stereocenters. The Labute approximate surface area is 221 Å². The van der Waals surface area contributed by atoms with Crippen molar-refractivity contribution in [2.75, 3.05) is 48.0 Å². The van der Waals surface area contributed by atoms with E-state index in [1.165, 1.54) is 6.33 Å². The Kier molecular flexibility index (Phi) is 7.67. The number of rotatable bonds is 3. The van der Waals surface area contributed by atoms with Gasteiger partial charge in [-0.15, -0.1) is 0 Å². The number of anilines is 4. The highest BCUT2D eigenvalue weighted by molar-refractivity contribution is 6.32. The Morgan fingerprint density at radius 1 is 1.05 bits per heavy atom. The zero-order chi connectivity index (χ0) is 26.3. The summed E-state index contributed by atoms with van der Waals surface area (Å²) in [5, 5.41) is 12.8. The number of amides is 2. The monoisotopic (exact) mass is 513 g/mol. The first kappa shape index (κ1) is 25.1. The molecule has 2 aliphatic heterocycles. The topological polar surface area (TPSA) is 121 Å². The molecule has 2 aliphatic rings. The van der Waals surface area contributed by atoms with Gasteiger partial charge in [0, 0.05) is 51.1 Å². The van der Waals surface area contributed by atoms with Crippen LogP contribution in [0.1, 0.15) is 30.4 Å². The molecule has 0 aliphatic carbocycles. The van der Waals surface area contributed by atoms with Crippen LogP contribution in [0.25, 0.3) is 5.57 Å². The second-order valence-electron chi connectivity index (χ2n) is 9.20. The summed E-state index contributed by atoms with van der Waals surface area (Å²) in [5.41, 5.74) is 3.80. The van der Waals surface area contributed by atoms with Crippen molar-refractivity contribution in [1.29, 1.82) is 0 Å². The van der Waals surface area contributed by atoms with Gasteiger partial charge in [-0.3, -0.25) is 9.59 Å². The van der Waals surface area contributed by atoms with Gasteiger partial charge in [0.25, 0.3) is 5.91 Å². The molecule has 0 saturated carbocycles. The normalized spacial score (nSPS) is 17.4. The minimum Gasteiger partial charge on any atom is -0.491 e. The summed E-state index contributed by atoms with van der Waals surface area (Å²) in [7, 11) is 1.81. The number of benzene rings is 2. The van der Waals surface area contributed by atoms with E-state index >= 15 is 0 Å². The third kappa shape index (κ3) is 5.86. The van der Waals surface area contributed by atoms with E-state index in [1.807, 2.05) is 43.4 Å². The third-order valence-electron chi connectivity index (χ3n) is 6.46. The maximum Gasteiger partial charge on any atom is 0.259 e. The van der Waals surface area contributed by atoms with Crippen molar-refractivity contribution in [3.8, 4) is 5.75 Å². The van der Waals surface area contributed by atoms with Gasteiger partial charge < -0.3 is 30.9 Å². The first-order valence-electron chi connectivity index (χ1n) is 12.7. The molecule has 2 bridgehead atoms. The van der Waals surface area contributed by atoms with Crippen LogP contribution in [0.2, 0.25) is 0 Å². The number of carbonyl (C=O) groups excluding carboxylic acids is 2. The van der Waals surface area contributed by atoms with Crippen LogP contribution in [-0.2, 0) is 16.1 Å². The van der Waals surface area contributed by atoms with Crippen LogP contribution in [-0.4, -0.2) is 53.4 Å². The zero-order valence-corrected chi connectivity index (χ0v) is 21.3. The van der Waals surface area contributed by atoms with Gasteiger partial charge in [0.2, 0.25) is 5.91 Å². The maximum atomic E-state index is 12.8. The van der Waals surface area contributed by atoms with E-state index in [1.54, 1.807) is 11.1 Å². The van der Waals surface area contributed by atoms with Gasteiger partial charge in [-0.1, -0.05) is 30.3 Å². The molecule has 2 aromatic carbocycles. The number of hydrogen-bond donors (Lipinski definition) is 4. The van der Waals surface area contributed by atoms with Crippen LogP contribution in [0, 0.1) is 0 Å². The average molecular weight is 514 g/mol. The standard InChI is InChI=1S/C28H31N7O3/c1-35-13-6-12-29-26-25-21(28(37)34-27(25)33-18-32-26)17-30-20-10-11-22(31-16-19-7-3-2-4-8-19)23(15-20)38-14-5-9-24(35)36/h2-4,7-8,10-11,15,17-18,30-31H,5-6,9,12-14,16H2,1H3,(H2,29,32,33,34,37)/b21-17-. The van der Waals surface area contributed by atoms with E-state index < -0.39 is 0 Å².